The first-order valence-electron chi connectivity index (χ1n) is 8.36. The molecule has 0 unspecified atom stereocenters. The Bertz CT molecular complexity index is 1170. The minimum atomic E-state index is -0.509. The second-order valence-electron chi connectivity index (χ2n) is 6.36. The molecule has 3 aromatic rings. The van der Waals surface area contributed by atoms with Gasteiger partial charge in [0.15, 0.2) is 11.5 Å². The summed E-state index contributed by atoms with van der Waals surface area (Å²) in [5.41, 5.74) is 8.21. The lowest BCUT2D eigenvalue weighted by Gasteiger charge is -2.13. The van der Waals surface area contributed by atoms with Gasteiger partial charge in [0.2, 0.25) is 0 Å². The molecule has 0 aliphatic carbocycles. The first-order valence-corrected chi connectivity index (χ1v) is 8.36. The van der Waals surface area contributed by atoms with Gasteiger partial charge in [-0.2, -0.15) is 10.2 Å². The van der Waals surface area contributed by atoms with Crippen LogP contribution in [-0.2, 0) is 6.54 Å². The quantitative estimate of drug-likeness (QED) is 0.687. The van der Waals surface area contributed by atoms with E-state index >= 15 is 0 Å². The molecule has 1 aliphatic heterocycles. The lowest BCUT2D eigenvalue weighted by Crippen LogP contribution is -2.29. The predicted molar refractivity (Wildman–Crippen MR) is 96.8 cm³/mol. The van der Waals surface area contributed by atoms with E-state index in [1.807, 2.05) is 6.07 Å². The fourth-order valence-corrected chi connectivity index (χ4v) is 3.13. The number of rotatable bonds is 3. The van der Waals surface area contributed by atoms with Crippen LogP contribution in [0.15, 0.2) is 28.8 Å². The van der Waals surface area contributed by atoms with E-state index in [1.165, 1.54) is 0 Å². The Morgan fingerprint density at radius 3 is 2.39 bits per heavy atom. The van der Waals surface area contributed by atoms with Crippen LogP contribution in [0.3, 0.4) is 0 Å². The van der Waals surface area contributed by atoms with Gasteiger partial charge in [0.25, 0.3) is 17.7 Å². The standard InChI is InChI=1S/C19H14N6O3/c1-9-13-14(15(21)16(22-9)17-23-10(2)24-28-17)19(27)25(18(13)26)8-12-5-3-11(7-20)4-6-12/h3-6H,8,21H2,1-2H3. The van der Waals surface area contributed by atoms with Crippen molar-refractivity contribution in [1.82, 2.24) is 20.0 Å². The molecule has 4 rings (SSSR count). The molecule has 138 valence electrons. The first kappa shape index (κ1) is 17.4. The number of nitrogens with two attached hydrogens (primary N) is 1. The van der Waals surface area contributed by atoms with Crippen molar-refractivity contribution < 1.29 is 14.1 Å². The van der Waals surface area contributed by atoms with E-state index in [-0.39, 0.29) is 34.9 Å². The number of aromatic nitrogens is 3. The molecule has 28 heavy (non-hydrogen) atoms. The minimum Gasteiger partial charge on any atom is -0.396 e. The number of hydrogen-bond donors (Lipinski definition) is 1. The third-order valence-corrected chi connectivity index (χ3v) is 4.49. The summed E-state index contributed by atoms with van der Waals surface area (Å²) in [5, 5.41) is 12.6. The zero-order valence-electron chi connectivity index (χ0n) is 15.1. The van der Waals surface area contributed by atoms with E-state index in [0.29, 0.717) is 22.6 Å². The molecular formula is C19H14N6O3. The fourth-order valence-electron chi connectivity index (χ4n) is 3.13. The second-order valence-corrected chi connectivity index (χ2v) is 6.36. The molecule has 0 saturated carbocycles. The highest BCUT2D eigenvalue weighted by Crippen LogP contribution is 2.35. The topological polar surface area (TPSA) is 139 Å². The normalized spacial score (nSPS) is 13.0. The van der Waals surface area contributed by atoms with Crippen LogP contribution >= 0.6 is 0 Å². The maximum absolute atomic E-state index is 13.0. The molecule has 2 aromatic heterocycles. The molecule has 1 aromatic carbocycles. The third kappa shape index (κ3) is 2.59. The van der Waals surface area contributed by atoms with Gasteiger partial charge in [0, 0.05) is 0 Å². The highest BCUT2D eigenvalue weighted by atomic mass is 16.5. The van der Waals surface area contributed by atoms with Crippen molar-refractivity contribution in [2.45, 2.75) is 20.4 Å². The SMILES string of the molecule is Cc1noc(-c2nc(C)c3c(c2N)C(=O)N(Cc2ccc(C#N)cc2)C3=O)n1. The maximum Gasteiger partial charge on any atom is 0.278 e. The summed E-state index contributed by atoms with van der Waals surface area (Å²) in [7, 11) is 0. The number of nitrogens with zero attached hydrogens (tertiary/aromatic N) is 5. The number of anilines is 1. The molecule has 0 spiro atoms. The highest BCUT2D eigenvalue weighted by Gasteiger charge is 2.40. The lowest BCUT2D eigenvalue weighted by atomic mass is 10.0. The number of aryl methyl sites for hydroxylation is 2. The summed E-state index contributed by atoms with van der Waals surface area (Å²) in [4.78, 5) is 35.4. The van der Waals surface area contributed by atoms with E-state index in [9.17, 15) is 9.59 Å². The summed E-state index contributed by atoms with van der Waals surface area (Å²) in [6.07, 6.45) is 0. The maximum atomic E-state index is 13.0. The van der Waals surface area contributed by atoms with Gasteiger partial charge in [-0.3, -0.25) is 14.5 Å². The highest BCUT2D eigenvalue weighted by molar-refractivity contribution is 6.24. The Morgan fingerprint density at radius 1 is 1.11 bits per heavy atom. The minimum absolute atomic E-state index is 0.0323. The van der Waals surface area contributed by atoms with Crippen LogP contribution in [0.2, 0.25) is 0 Å². The molecular weight excluding hydrogens is 360 g/mol. The summed E-state index contributed by atoms with van der Waals surface area (Å²) >= 11 is 0. The molecule has 2 N–H and O–H groups in total. The molecule has 3 heterocycles. The van der Waals surface area contributed by atoms with Crippen molar-refractivity contribution in [3.05, 3.63) is 58.0 Å². The van der Waals surface area contributed by atoms with Gasteiger partial charge in [-0.05, 0) is 31.5 Å². The average Bonchev–Trinajstić information content (AvgIpc) is 3.22. The molecule has 0 bridgehead atoms. The van der Waals surface area contributed by atoms with E-state index in [2.05, 4.69) is 15.1 Å². The van der Waals surface area contributed by atoms with Crippen LogP contribution in [0, 0.1) is 25.2 Å². The van der Waals surface area contributed by atoms with Crippen LogP contribution in [-0.4, -0.2) is 31.8 Å². The van der Waals surface area contributed by atoms with Gasteiger partial charge in [-0.25, -0.2) is 4.98 Å². The first-order chi connectivity index (χ1) is 13.4. The van der Waals surface area contributed by atoms with E-state index in [0.717, 1.165) is 4.90 Å². The molecule has 0 atom stereocenters. The van der Waals surface area contributed by atoms with Crippen molar-refractivity contribution in [3.63, 3.8) is 0 Å². The van der Waals surface area contributed by atoms with Crippen molar-refractivity contribution >= 4 is 17.5 Å². The lowest BCUT2D eigenvalue weighted by molar-refractivity contribution is 0.0642. The zero-order chi connectivity index (χ0) is 20.0. The van der Waals surface area contributed by atoms with Crippen molar-refractivity contribution in [3.8, 4) is 17.7 Å². The van der Waals surface area contributed by atoms with Crippen molar-refractivity contribution in [2.75, 3.05) is 5.73 Å². The number of hydrogen-bond acceptors (Lipinski definition) is 8. The van der Waals surface area contributed by atoms with Gasteiger partial charge in [-0.15, -0.1) is 0 Å². The van der Waals surface area contributed by atoms with Crippen LogP contribution in [0.1, 0.15) is 43.4 Å². The molecule has 9 nitrogen and oxygen atoms in total. The van der Waals surface area contributed by atoms with Gasteiger partial charge in [-0.1, -0.05) is 17.3 Å². The molecule has 0 saturated heterocycles. The van der Waals surface area contributed by atoms with Gasteiger partial charge < -0.3 is 10.3 Å². The number of benzene rings is 1. The number of imide groups is 1. The summed E-state index contributed by atoms with van der Waals surface area (Å²) < 4.78 is 5.11. The number of amides is 2. The second kappa shape index (κ2) is 6.28. The van der Waals surface area contributed by atoms with E-state index in [4.69, 9.17) is 15.5 Å². The van der Waals surface area contributed by atoms with Crippen LogP contribution < -0.4 is 5.73 Å². The predicted octanol–water partition coefficient (Wildman–Crippen LogP) is 2.00. The number of pyridine rings is 1. The third-order valence-electron chi connectivity index (χ3n) is 4.49. The fraction of sp³-hybridized carbons (Fsp3) is 0.158. The molecule has 1 aliphatic rings. The molecule has 0 fully saturated rings. The summed E-state index contributed by atoms with van der Waals surface area (Å²) in [6, 6.07) is 8.68. The molecule has 0 radical (unpaired) electrons. The monoisotopic (exact) mass is 374 g/mol. The Balaban J connectivity index is 1.75. The zero-order valence-corrected chi connectivity index (χ0v) is 15.1. The number of fused-ring (bicyclic) bond motifs is 1. The van der Waals surface area contributed by atoms with E-state index in [1.54, 1.807) is 38.1 Å². The van der Waals surface area contributed by atoms with Gasteiger partial charge in [0.05, 0.1) is 40.7 Å². The van der Waals surface area contributed by atoms with E-state index < -0.39 is 11.8 Å². The smallest absolute Gasteiger partial charge is 0.278 e. The summed E-state index contributed by atoms with van der Waals surface area (Å²) in [5.74, 6) is -0.481. The van der Waals surface area contributed by atoms with Crippen molar-refractivity contribution in [2.24, 2.45) is 0 Å². The number of nitriles is 1. The van der Waals surface area contributed by atoms with Gasteiger partial charge in [0.1, 0.15) is 0 Å². The van der Waals surface area contributed by atoms with Crippen LogP contribution in [0.4, 0.5) is 5.69 Å². The molecule has 9 heteroatoms. The Hall–Kier alpha value is -4.06. The van der Waals surface area contributed by atoms with Crippen molar-refractivity contribution in [1.29, 1.82) is 5.26 Å². The Kier molecular flexibility index (Phi) is 3.89. The van der Waals surface area contributed by atoms with Crippen LogP contribution in [0.5, 0.6) is 0 Å². The number of carbonyl (C=O) groups is 2. The van der Waals surface area contributed by atoms with Gasteiger partial charge >= 0.3 is 0 Å². The van der Waals surface area contributed by atoms with Crippen LogP contribution in [0.25, 0.3) is 11.6 Å². The number of carbonyl (C=O) groups excluding carboxylic acids is 2. The summed E-state index contributed by atoms with van der Waals surface area (Å²) in [6.45, 7) is 3.34. The average molecular weight is 374 g/mol. The molecule has 2 amide bonds. The number of nitrogen functional groups attached to an aromatic ring is 1. The largest absolute Gasteiger partial charge is 0.396 e. The Labute approximate surface area is 159 Å². The Morgan fingerprint density at radius 2 is 1.79 bits per heavy atom.